The van der Waals surface area contributed by atoms with Crippen molar-refractivity contribution in [1.29, 1.82) is 0 Å². The number of halogens is 2. The van der Waals surface area contributed by atoms with Crippen LogP contribution >= 0.6 is 0 Å². The number of rotatable bonds is 5. The molecule has 0 saturated heterocycles. The fourth-order valence-corrected chi connectivity index (χ4v) is 1.66. The van der Waals surface area contributed by atoms with Crippen molar-refractivity contribution in [3.8, 4) is 5.75 Å². The quantitative estimate of drug-likeness (QED) is 0.682. The predicted octanol–water partition coefficient (Wildman–Crippen LogP) is 2.84. The molecule has 1 amide bonds. The number of hydrogen-bond donors (Lipinski definition) is 1. The van der Waals surface area contributed by atoms with E-state index in [9.17, 15) is 13.6 Å². The van der Waals surface area contributed by atoms with Gasteiger partial charge in [-0.2, -0.15) is 13.9 Å². The molecule has 0 bridgehead atoms. The maximum Gasteiger partial charge on any atom is 0.387 e. The summed E-state index contributed by atoms with van der Waals surface area (Å²) in [4.78, 5) is 15.6. The van der Waals surface area contributed by atoms with E-state index >= 15 is 0 Å². The minimum absolute atomic E-state index is 0.0301. The van der Waals surface area contributed by atoms with Crippen LogP contribution in [0.1, 0.15) is 22.8 Å². The largest absolute Gasteiger partial charge is 0.435 e. The molecule has 5 nitrogen and oxygen atoms in total. The fourth-order valence-electron chi connectivity index (χ4n) is 1.66. The van der Waals surface area contributed by atoms with Gasteiger partial charge < -0.3 is 4.74 Å². The average molecular weight is 305 g/mol. The summed E-state index contributed by atoms with van der Waals surface area (Å²) in [6.07, 6.45) is 2.99. The maximum absolute atomic E-state index is 12.2. The van der Waals surface area contributed by atoms with E-state index in [0.29, 0.717) is 16.8 Å². The summed E-state index contributed by atoms with van der Waals surface area (Å²) in [7, 11) is 0. The number of carbonyl (C=O) groups excluding carboxylic acids is 1. The third-order valence-corrected chi connectivity index (χ3v) is 2.74. The van der Waals surface area contributed by atoms with Crippen LogP contribution in [0.5, 0.6) is 5.75 Å². The molecular weight excluding hydrogens is 292 g/mol. The summed E-state index contributed by atoms with van der Waals surface area (Å²) in [5.41, 5.74) is 3.83. The first kappa shape index (κ1) is 15.6. The smallest absolute Gasteiger partial charge is 0.387 e. The van der Waals surface area contributed by atoms with E-state index in [0.717, 1.165) is 0 Å². The van der Waals surface area contributed by atoms with Crippen molar-refractivity contribution in [3.05, 3.63) is 59.9 Å². The Kier molecular flexibility index (Phi) is 5.13. The first-order valence-corrected chi connectivity index (χ1v) is 6.36. The fraction of sp³-hybridized carbons (Fsp3) is 0.133. The van der Waals surface area contributed by atoms with Gasteiger partial charge in [-0.25, -0.2) is 5.43 Å². The Balaban J connectivity index is 2.07. The number of alkyl halides is 2. The van der Waals surface area contributed by atoms with Gasteiger partial charge in [-0.3, -0.25) is 9.78 Å². The summed E-state index contributed by atoms with van der Waals surface area (Å²) in [5, 5.41) is 3.94. The number of benzene rings is 1. The van der Waals surface area contributed by atoms with Gasteiger partial charge in [-0.15, -0.1) is 0 Å². The zero-order valence-corrected chi connectivity index (χ0v) is 11.7. The molecule has 0 saturated carbocycles. The van der Waals surface area contributed by atoms with E-state index < -0.39 is 6.61 Å². The molecule has 0 aliphatic carbocycles. The lowest BCUT2D eigenvalue weighted by atomic mass is 10.1. The summed E-state index contributed by atoms with van der Waals surface area (Å²) in [6.45, 7) is -1.24. The molecule has 1 heterocycles. The predicted molar refractivity (Wildman–Crippen MR) is 77.0 cm³/mol. The number of aromatic nitrogens is 1. The molecule has 0 fully saturated rings. The molecule has 0 spiro atoms. The van der Waals surface area contributed by atoms with Crippen LogP contribution < -0.4 is 10.2 Å². The van der Waals surface area contributed by atoms with Crippen LogP contribution in [-0.2, 0) is 0 Å². The number of hydrazone groups is 1. The summed E-state index contributed by atoms with van der Waals surface area (Å²) < 4.78 is 28.7. The molecule has 2 aromatic rings. The second-order valence-corrected chi connectivity index (χ2v) is 4.28. The monoisotopic (exact) mass is 305 g/mol. The van der Waals surface area contributed by atoms with E-state index in [4.69, 9.17) is 0 Å². The van der Waals surface area contributed by atoms with Gasteiger partial charge >= 0.3 is 6.61 Å². The van der Waals surface area contributed by atoms with Gasteiger partial charge in [0.1, 0.15) is 5.75 Å². The number of nitrogens with zero attached hydrogens (tertiary/aromatic N) is 2. The highest BCUT2D eigenvalue weighted by Gasteiger charge is 2.07. The molecule has 22 heavy (non-hydrogen) atoms. The molecular formula is C15H13F2N3O2. The van der Waals surface area contributed by atoms with Crippen LogP contribution in [0.15, 0.2) is 53.9 Å². The highest BCUT2D eigenvalue weighted by atomic mass is 19.3. The summed E-state index contributed by atoms with van der Waals surface area (Å²) in [5.74, 6) is -0.357. The van der Waals surface area contributed by atoms with Crippen LogP contribution in [0.2, 0.25) is 0 Å². The van der Waals surface area contributed by atoms with Gasteiger partial charge in [-0.05, 0) is 31.2 Å². The third kappa shape index (κ3) is 4.34. The van der Waals surface area contributed by atoms with E-state index in [1.807, 2.05) is 0 Å². The first-order valence-electron chi connectivity index (χ1n) is 6.36. The van der Waals surface area contributed by atoms with Gasteiger partial charge in [0, 0.05) is 23.5 Å². The Morgan fingerprint density at radius 1 is 1.23 bits per heavy atom. The Morgan fingerprint density at radius 3 is 2.64 bits per heavy atom. The third-order valence-electron chi connectivity index (χ3n) is 2.74. The van der Waals surface area contributed by atoms with Crippen molar-refractivity contribution < 1.29 is 18.3 Å². The lowest BCUT2D eigenvalue weighted by Crippen LogP contribution is -2.19. The SMILES string of the molecule is C/C(=N/NC(=O)c1ccncc1)c1cccc(OC(F)F)c1. The molecule has 7 heteroatoms. The number of amides is 1. The van der Waals surface area contributed by atoms with Crippen LogP contribution in [0.3, 0.4) is 0 Å². The van der Waals surface area contributed by atoms with E-state index in [2.05, 4.69) is 20.2 Å². The van der Waals surface area contributed by atoms with Crippen molar-refractivity contribution in [2.75, 3.05) is 0 Å². The highest BCUT2D eigenvalue weighted by molar-refractivity contribution is 6.01. The number of pyridine rings is 1. The molecule has 114 valence electrons. The maximum atomic E-state index is 12.2. The van der Waals surface area contributed by atoms with Crippen LogP contribution in [0.4, 0.5) is 8.78 Å². The second kappa shape index (κ2) is 7.26. The molecule has 1 N–H and O–H groups in total. The lowest BCUT2D eigenvalue weighted by Gasteiger charge is -2.07. The van der Waals surface area contributed by atoms with Gasteiger partial charge in [-0.1, -0.05) is 12.1 Å². The Morgan fingerprint density at radius 2 is 1.95 bits per heavy atom. The lowest BCUT2D eigenvalue weighted by molar-refractivity contribution is -0.0498. The van der Waals surface area contributed by atoms with Gasteiger partial charge in [0.2, 0.25) is 0 Å². The molecule has 0 radical (unpaired) electrons. The van der Waals surface area contributed by atoms with Crippen molar-refractivity contribution in [2.24, 2.45) is 5.10 Å². The first-order chi connectivity index (χ1) is 10.6. The van der Waals surface area contributed by atoms with Crippen LogP contribution in [0, 0.1) is 0 Å². The number of hydrogen-bond acceptors (Lipinski definition) is 4. The summed E-state index contributed by atoms with van der Waals surface area (Å²) in [6, 6.07) is 9.18. The Bertz CT molecular complexity index is 675. The second-order valence-electron chi connectivity index (χ2n) is 4.28. The number of nitrogens with one attached hydrogen (secondary N) is 1. The molecule has 1 aromatic heterocycles. The molecule has 1 aromatic carbocycles. The van der Waals surface area contributed by atoms with E-state index in [-0.39, 0.29) is 11.7 Å². The standard InChI is InChI=1S/C15H13F2N3O2/c1-10(12-3-2-4-13(9-12)22-15(16)17)19-20-14(21)11-5-7-18-8-6-11/h2-9,15H,1H3,(H,20,21)/b19-10-. The molecule has 0 aliphatic rings. The topological polar surface area (TPSA) is 63.6 Å². The zero-order valence-electron chi connectivity index (χ0n) is 11.7. The molecule has 0 atom stereocenters. The minimum Gasteiger partial charge on any atom is -0.435 e. The number of ether oxygens (including phenoxy) is 1. The molecule has 0 unspecified atom stereocenters. The van der Waals surface area contributed by atoms with Gasteiger partial charge in [0.15, 0.2) is 0 Å². The average Bonchev–Trinajstić information content (AvgIpc) is 2.52. The van der Waals surface area contributed by atoms with Crippen molar-refractivity contribution >= 4 is 11.6 Å². The summed E-state index contributed by atoms with van der Waals surface area (Å²) >= 11 is 0. The Hall–Kier alpha value is -2.83. The minimum atomic E-state index is -2.89. The highest BCUT2D eigenvalue weighted by Crippen LogP contribution is 2.16. The van der Waals surface area contributed by atoms with Gasteiger partial charge in [0.05, 0.1) is 5.71 Å². The molecule has 0 aliphatic heterocycles. The number of carbonyl (C=O) groups is 1. The van der Waals surface area contributed by atoms with Gasteiger partial charge in [0.25, 0.3) is 5.91 Å². The van der Waals surface area contributed by atoms with Crippen molar-refractivity contribution in [3.63, 3.8) is 0 Å². The van der Waals surface area contributed by atoms with E-state index in [1.165, 1.54) is 24.5 Å². The van der Waals surface area contributed by atoms with Crippen LogP contribution in [0.25, 0.3) is 0 Å². The zero-order chi connectivity index (χ0) is 15.9. The van der Waals surface area contributed by atoms with Crippen molar-refractivity contribution in [1.82, 2.24) is 10.4 Å². The van der Waals surface area contributed by atoms with Crippen LogP contribution in [-0.4, -0.2) is 23.2 Å². The Labute approximate surface area is 125 Å². The molecule has 2 rings (SSSR count). The van der Waals surface area contributed by atoms with E-state index in [1.54, 1.807) is 31.2 Å². The van der Waals surface area contributed by atoms with Crippen molar-refractivity contribution in [2.45, 2.75) is 13.5 Å². The normalized spacial score (nSPS) is 11.4.